The third-order valence-corrected chi connectivity index (χ3v) is 5.30. The standard InChI is InChI=1S/C20H13ClFN3O2S/c21-13-3-1-12(2-4-13)16-10-28-19-18(16)20(27)25(11-23-19)9-17(26)24-15-7-5-14(22)6-8-15/h1-8,10-11H,9H2,(H,24,26). The number of fused-ring (bicyclic) bond motifs is 1. The van der Waals surface area contributed by atoms with Crippen molar-refractivity contribution in [1.29, 1.82) is 0 Å². The molecule has 0 saturated carbocycles. The number of carbonyl (C=O) groups is 1. The van der Waals surface area contributed by atoms with Gasteiger partial charge in [0.05, 0.1) is 11.7 Å². The zero-order valence-electron chi connectivity index (χ0n) is 14.4. The topological polar surface area (TPSA) is 64.0 Å². The maximum Gasteiger partial charge on any atom is 0.263 e. The van der Waals surface area contributed by atoms with Crippen molar-refractivity contribution in [2.24, 2.45) is 0 Å². The van der Waals surface area contributed by atoms with E-state index in [1.807, 2.05) is 17.5 Å². The number of rotatable bonds is 4. The second-order valence-electron chi connectivity index (χ2n) is 6.07. The molecule has 0 aliphatic heterocycles. The van der Waals surface area contributed by atoms with Gasteiger partial charge in [-0.3, -0.25) is 14.2 Å². The fraction of sp³-hybridized carbons (Fsp3) is 0.0500. The Labute approximate surface area is 168 Å². The van der Waals surface area contributed by atoms with E-state index in [2.05, 4.69) is 10.3 Å². The normalized spacial score (nSPS) is 10.9. The van der Waals surface area contributed by atoms with Crippen LogP contribution in [0.25, 0.3) is 21.3 Å². The lowest BCUT2D eigenvalue weighted by molar-refractivity contribution is -0.116. The summed E-state index contributed by atoms with van der Waals surface area (Å²) in [4.78, 5) is 30.1. The predicted octanol–water partition coefficient (Wildman–Crippen LogP) is 4.56. The van der Waals surface area contributed by atoms with Crippen molar-refractivity contribution < 1.29 is 9.18 Å². The second-order valence-corrected chi connectivity index (χ2v) is 7.36. The van der Waals surface area contributed by atoms with Crippen LogP contribution in [0.15, 0.2) is 65.0 Å². The van der Waals surface area contributed by atoms with E-state index < -0.39 is 11.7 Å². The summed E-state index contributed by atoms with van der Waals surface area (Å²) in [6.07, 6.45) is 1.36. The highest BCUT2D eigenvalue weighted by molar-refractivity contribution is 7.17. The Morgan fingerprint density at radius 3 is 2.57 bits per heavy atom. The number of benzene rings is 2. The van der Waals surface area contributed by atoms with Crippen LogP contribution in [0.2, 0.25) is 5.02 Å². The summed E-state index contributed by atoms with van der Waals surface area (Å²) >= 11 is 7.30. The lowest BCUT2D eigenvalue weighted by atomic mass is 10.1. The predicted molar refractivity (Wildman–Crippen MR) is 109 cm³/mol. The molecule has 5 nitrogen and oxygen atoms in total. The molecule has 0 unspecified atom stereocenters. The monoisotopic (exact) mass is 413 g/mol. The molecule has 0 aliphatic rings. The van der Waals surface area contributed by atoms with Crippen LogP contribution in [0.3, 0.4) is 0 Å². The highest BCUT2D eigenvalue weighted by Crippen LogP contribution is 2.31. The SMILES string of the molecule is O=C(Cn1cnc2scc(-c3ccc(Cl)cc3)c2c1=O)Nc1ccc(F)cc1. The van der Waals surface area contributed by atoms with Crippen LogP contribution in [0, 0.1) is 5.82 Å². The maximum atomic E-state index is 13.0. The Balaban J connectivity index is 1.64. The van der Waals surface area contributed by atoms with Gasteiger partial charge >= 0.3 is 0 Å². The van der Waals surface area contributed by atoms with E-state index in [-0.39, 0.29) is 12.1 Å². The minimum Gasteiger partial charge on any atom is -0.325 e. The molecule has 0 fully saturated rings. The number of nitrogens with zero attached hydrogens (tertiary/aromatic N) is 2. The Bertz CT molecular complexity index is 1220. The van der Waals surface area contributed by atoms with Crippen molar-refractivity contribution in [2.75, 3.05) is 5.32 Å². The van der Waals surface area contributed by atoms with Gasteiger partial charge in [0.25, 0.3) is 5.56 Å². The zero-order chi connectivity index (χ0) is 19.7. The van der Waals surface area contributed by atoms with Crippen molar-refractivity contribution in [2.45, 2.75) is 6.54 Å². The van der Waals surface area contributed by atoms with Crippen molar-refractivity contribution in [3.63, 3.8) is 0 Å². The minimum atomic E-state index is -0.405. The average Bonchev–Trinajstić information content (AvgIpc) is 3.11. The first-order valence-corrected chi connectivity index (χ1v) is 9.55. The van der Waals surface area contributed by atoms with E-state index >= 15 is 0 Å². The number of anilines is 1. The fourth-order valence-corrected chi connectivity index (χ4v) is 3.84. The zero-order valence-corrected chi connectivity index (χ0v) is 15.9. The Kier molecular flexibility index (Phi) is 4.93. The molecule has 0 bridgehead atoms. The Morgan fingerprint density at radius 1 is 1.14 bits per heavy atom. The van der Waals surface area contributed by atoms with E-state index in [0.29, 0.717) is 20.9 Å². The third kappa shape index (κ3) is 3.67. The van der Waals surface area contributed by atoms with Crippen LogP contribution in [0.1, 0.15) is 0 Å². The van der Waals surface area contributed by atoms with Gasteiger partial charge in [-0.2, -0.15) is 0 Å². The molecule has 0 spiro atoms. The van der Waals surface area contributed by atoms with Crippen molar-refractivity contribution in [3.8, 4) is 11.1 Å². The van der Waals surface area contributed by atoms with Crippen molar-refractivity contribution in [3.05, 3.63) is 81.4 Å². The number of hydrogen-bond donors (Lipinski definition) is 1. The second kappa shape index (κ2) is 7.53. The van der Waals surface area contributed by atoms with Crippen LogP contribution in [-0.4, -0.2) is 15.5 Å². The van der Waals surface area contributed by atoms with E-state index in [9.17, 15) is 14.0 Å². The molecule has 0 radical (unpaired) electrons. The highest BCUT2D eigenvalue weighted by atomic mass is 35.5. The first kappa shape index (κ1) is 18.3. The Hall–Kier alpha value is -3.03. The molecule has 2 heterocycles. The maximum absolute atomic E-state index is 13.0. The summed E-state index contributed by atoms with van der Waals surface area (Å²) in [5.74, 6) is -0.797. The van der Waals surface area contributed by atoms with E-state index in [0.717, 1.165) is 11.1 Å². The molecule has 8 heteroatoms. The number of thiophene rings is 1. The molecule has 0 atom stereocenters. The summed E-state index contributed by atoms with van der Waals surface area (Å²) in [6.45, 7) is -0.199. The first-order valence-electron chi connectivity index (χ1n) is 8.29. The summed E-state index contributed by atoms with van der Waals surface area (Å²) < 4.78 is 14.2. The molecule has 2 aromatic carbocycles. The fourth-order valence-electron chi connectivity index (χ4n) is 2.81. The van der Waals surface area contributed by atoms with E-state index in [1.165, 1.54) is 46.5 Å². The Morgan fingerprint density at radius 2 is 1.86 bits per heavy atom. The van der Waals surface area contributed by atoms with Gasteiger partial charge in [0, 0.05) is 21.7 Å². The molecular formula is C20H13ClFN3O2S. The lowest BCUT2D eigenvalue weighted by Gasteiger charge is -2.08. The molecule has 140 valence electrons. The van der Waals surface area contributed by atoms with Gasteiger partial charge in [0.1, 0.15) is 17.2 Å². The molecule has 1 amide bonds. The molecule has 4 rings (SSSR count). The van der Waals surface area contributed by atoms with Crippen molar-refractivity contribution in [1.82, 2.24) is 9.55 Å². The van der Waals surface area contributed by atoms with Crippen molar-refractivity contribution >= 4 is 44.7 Å². The summed E-state index contributed by atoms with van der Waals surface area (Å²) in [7, 11) is 0. The van der Waals surface area contributed by atoms with Gasteiger partial charge in [0.2, 0.25) is 5.91 Å². The number of aromatic nitrogens is 2. The van der Waals surface area contributed by atoms with Gasteiger partial charge in [-0.05, 0) is 42.0 Å². The largest absolute Gasteiger partial charge is 0.325 e. The quantitative estimate of drug-likeness (QED) is 0.533. The minimum absolute atomic E-state index is 0.199. The lowest BCUT2D eigenvalue weighted by Crippen LogP contribution is -2.27. The smallest absolute Gasteiger partial charge is 0.263 e. The van der Waals surface area contributed by atoms with Gasteiger partial charge < -0.3 is 5.32 Å². The van der Waals surface area contributed by atoms with Gasteiger partial charge in [-0.1, -0.05) is 23.7 Å². The van der Waals surface area contributed by atoms with E-state index in [4.69, 9.17) is 11.6 Å². The van der Waals surface area contributed by atoms with Gasteiger partial charge in [-0.15, -0.1) is 11.3 Å². The molecule has 0 aliphatic carbocycles. The first-order chi connectivity index (χ1) is 13.5. The van der Waals surface area contributed by atoms with E-state index in [1.54, 1.807) is 12.1 Å². The summed E-state index contributed by atoms with van der Waals surface area (Å²) in [6, 6.07) is 12.6. The van der Waals surface area contributed by atoms with Crippen LogP contribution in [-0.2, 0) is 11.3 Å². The number of carbonyl (C=O) groups excluding carboxylic acids is 1. The van der Waals surface area contributed by atoms with Crippen LogP contribution < -0.4 is 10.9 Å². The van der Waals surface area contributed by atoms with Gasteiger partial charge in [-0.25, -0.2) is 9.37 Å². The molecule has 0 saturated heterocycles. The molecule has 2 aromatic heterocycles. The average molecular weight is 414 g/mol. The van der Waals surface area contributed by atoms with Crippen LogP contribution in [0.4, 0.5) is 10.1 Å². The van der Waals surface area contributed by atoms with Crippen LogP contribution >= 0.6 is 22.9 Å². The number of halogens is 2. The molecule has 28 heavy (non-hydrogen) atoms. The molecule has 1 N–H and O–H groups in total. The third-order valence-electron chi connectivity index (χ3n) is 4.16. The highest BCUT2D eigenvalue weighted by Gasteiger charge is 2.15. The summed E-state index contributed by atoms with van der Waals surface area (Å²) in [5, 5.41) is 5.57. The molecule has 4 aromatic rings. The van der Waals surface area contributed by atoms with Gasteiger partial charge in [0.15, 0.2) is 0 Å². The van der Waals surface area contributed by atoms with Crippen LogP contribution in [0.5, 0.6) is 0 Å². The summed E-state index contributed by atoms with van der Waals surface area (Å²) in [5.41, 5.74) is 1.75. The number of hydrogen-bond acceptors (Lipinski definition) is 4. The molecular weight excluding hydrogens is 401 g/mol. The number of amides is 1. The number of nitrogens with one attached hydrogen (secondary N) is 1.